The van der Waals surface area contributed by atoms with Crippen LogP contribution in [0.4, 0.5) is 0 Å². The molecule has 5 nitrogen and oxygen atoms in total. The summed E-state index contributed by atoms with van der Waals surface area (Å²) in [5.41, 5.74) is 0. The van der Waals surface area contributed by atoms with Crippen LogP contribution in [0, 0.1) is 0 Å². The first-order chi connectivity index (χ1) is 10.2. The van der Waals surface area contributed by atoms with Crippen LogP contribution in [0.15, 0.2) is 0 Å². The van der Waals surface area contributed by atoms with E-state index < -0.39 is 0 Å². The zero-order valence-corrected chi connectivity index (χ0v) is 13.3. The Morgan fingerprint density at radius 2 is 1.76 bits per heavy atom. The largest absolute Gasteiger partial charge is 0.377 e. The Bertz CT molecular complexity index is 349. The number of likely N-dealkylation sites (tertiary alicyclic amines) is 3. The highest BCUT2D eigenvalue weighted by molar-refractivity contribution is 5.83. The van der Waals surface area contributed by atoms with E-state index in [1.54, 1.807) is 0 Å². The van der Waals surface area contributed by atoms with E-state index in [0.29, 0.717) is 12.0 Å². The number of piperidine rings is 1. The number of ether oxygens (including phenoxy) is 1. The van der Waals surface area contributed by atoms with Gasteiger partial charge in [0.15, 0.2) is 0 Å². The molecule has 3 rings (SSSR count). The topological polar surface area (TPSA) is 36.0 Å². The molecule has 0 aliphatic carbocycles. The summed E-state index contributed by atoms with van der Waals surface area (Å²) >= 11 is 0. The van der Waals surface area contributed by atoms with E-state index in [1.807, 2.05) is 11.9 Å². The number of hydrogen-bond acceptors (Lipinski definition) is 4. The molecule has 0 bridgehead atoms. The van der Waals surface area contributed by atoms with Crippen LogP contribution in [0.2, 0.25) is 0 Å². The molecule has 0 spiro atoms. The third kappa shape index (κ3) is 3.76. The van der Waals surface area contributed by atoms with Gasteiger partial charge in [-0.25, -0.2) is 0 Å². The van der Waals surface area contributed by atoms with E-state index in [2.05, 4.69) is 9.80 Å². The van der Waals surface area contributed by atoms with E-state index in [-0.39, 0.29) is 6.04 Å². The van der Waals surface area contributed by atoms with Crippen LogP contribution in [0.1, 0.15) is 32.1 Å². The molecule has 0 aromatic heterocycles. The Labute approximate surface area is 128 Å². The highest BCUT2D eigenvalue weighted by Gasteiger charge is 2.35. The summed E-state index contributed by atoms with van der Waals surface area (Å²) in [6.07, 6.45) is 6.25. The molecule has 0 saturated carbocycles. The van der Waals surface area contributed by atoms with Crippen LogP contribution in [-0.2, 0) is 9.53 Å². The lowest BCUT2D eigenvalue weighted by Gasteiger charge is -2.35. The van der Waals surface area contributed by atoms with E-state index in [9.17, 15) is 4.79 Å². The molecular weight excluding hydrogens is 266 g/mol. The Morgan fingerprint density at radius 3 is 2.38 bits per heavy atom. The first-order valence-electron chi connectivity index (χ1n) is 8.57. The molecule has 3 aliphatic rings. The average Bonchev–Trinajstić information content (AvgIpc) is 3.12. The molecule has 3 aliphatic heterocycles. The molecule has 21 heavy (non-hydrogen) atoms. The van der Waals surface area contributed by atoms with Crippen molar-refractivity contribution in [1.29, 1.82) is 0 Å². The van der Waals surface area contributed by atoms with E-state index in [0.717, 1.165) is 52.0 Å². The first kappa shape index (κ1) is 15.3. The van der Waals surface area contributed by atoms with Crippen molar-refractivity contribution in [2.24, 2.45) is 0 Å². The number of rotatable bonds is 5. The van der Waals surface area contributed by atoms with Crippen LogP contribution >= 0.6 is 0 Å². The van der Waals surface area contributed by atoms with Crippen molar-refractivity contribution in [3.05, 3.63) is 0 Å². The third-order valence-corrected chi connectivity index (χ3v) is 5.28. The number of amides is 1. The molecule has 0 radical (unpaired) electrons. The van der Waals surface area contributed by atoms with Crippen LogP contribution < -0.4 is 0 Å². The Hall–Kier alpha value is -0.650. The SMILES string of the molecule is CN1CCC(N2CCC(OCCN3CCCC3)CC2)C1=O. The summed E-state index contributed by atoms with van der Waals surface area (Å²) in [4.78, 5) is 18.8. The minimum Gasteiger partial charge on any atom is -0.377 e. The predicted octanol–water partition coefficient (Wildman–Crippen LogP) is 0.794. The van der Waals surface area contributed by atoms with Gasteiger partial charge in [0.25, 0.3) is 0 Å². The van der Waals surface area contributed by atoms with Crippen LogP contribution in [-0.4, -0.2) is 85.7 Å². The Balaban J connectivity index is 1.34. The van der Waals surface area contributed by atoms with E-state index in [4.69, 9.17) is 4.74 Å². The van der Waals surface area contributed by atoms with E-state index in [1.165, 1.54) is 25.9 Å². The third-order valence-electron chi connectivity index (χ3n) is 5.28. The van der Waals surface area contributed by atoms with Crippen LogP contribution in [0.5, 0.6) is 0 Å². The lowest BCUT2D eigenvalue weighted by atomic mass is 10.0. The van der Waals surface area contributed by atoms with Gasteiger partial charge in [0, 0.05) is 33.2 Å². The molecule has 3 saturated heterocycles. The summed E-state index contributed by atoms with van der Waals surface area (Å²) in [5.74, 6) is 0.309. The number of carbonyl (C=O) groups excluding carboxylic acids is 1. The van der Waals surface area contributed by atoms with Gasteiger partial charge < -0.3 is 14.5 Å². The van der Waals surface area contributed by atoms with Gasteiger partial charge in [-0.2, -0.15) is 0 Å². The fourth-order valence-corrected chi connectivity index (χ4v) is 3.85. The van der Waals surface area contributed by atoms with Crippen LogP contribution in [0.3, 0.4) is 0 Å². The molecule has 1 atom stereocenters. The highest BCUT2D eigenvalue weighted by atomic mass is 16.5. The van der Waals surface area contributed by atoms with Crippen molar-refractivity contribution in [1.82, 2.24) is 14.7 Å². The van der Waals surface area contributed by atoms with Gasteiger partial charge in [-0.3, -0.25) is 9.69 Å². The number of hydrogen-bond donors (Lipinski definition) is 0. The predicted molar refractivity (Wildman–Crippen MR) is 82.3 cm³/mol. The lowest BCUT2D eigenvalue weighted by Crippen LogP contribution is -2.46. The standard InChI is InChI=1S/C16H29N3O2/c1-17-9-6-15(16(17)20)19-10-4-14(5-11-19)21-13-12-18-7-2-3-8-18/h14-15H,2-13H2,1H3. The molecular formula is C16H29N3O2. The second-order valence-electron chi connectivity index (χ2n) is 6.72. The van der Waals surface area contributed by atoms with Gasteiger partial charge in [0.2, 0.25) is 5.91 Å². The molecule has 1 unspecified atom stereocenters. The maximum atomic E-state index is 12.1. The number of nitrogens with zero attached hydrogens (tertiary/aromatic N) is 3. The van der Waals surface area contributed by atoms with Gasteiger partial charge in [-0.05, 0) is 45.2 Å². The maximum Gasteiger partial charge on any atom is 0.239 e. The van der Waals surface area contributed by atoms with Gasteiger partial charge in [-0.1, -0.05) is 0 Å². The van der Waals surface area contributed by atoms with Gasteiger partial charge in [-0.15, -0.1) is 0 Å². The Morgan fingerprint density at radius 1 is 1.05 bits per heavy atom. The second-order valence-corrected chi connectivity index (χ2v) is 6.72. The lowest BCUT2D eigenvalue weighted by molar-refractivity contribution is -0.132. The molecule has 3 heterocycles. The maximum absolute atomic E-state index is 12.1. The summed E-state index contributed by atoms with van der Waals surface area (Å²) < 4.78 is 6.04. The molecule has 0 aromatic rings. The smallest absolute Gasteiger partial charge is 0.239 e. The normalized spacial score (nSPS) is 29.7. The summed E-state index contributed by atoms with van der Waals surface area (Å²) in [6, 6.07) is 0.139. The zero-order chi connectivity index (χ0) is 14.7. The minimum absolute atomic E-state index is 0.139. The first-order valence-corrected chi connectivity index (χ1v) is 8.57. The molecule has 0 N–H and O–H groups in total. The van der Waals surface area contributed by atoms with Gasteiger partial charge >= 0.3 is 0 Å². The minimum atomic E-state index is 0.139. The van der Waals surface area contributed by atoms with Gasteiger partial charge in [0.1, 0.15) is 0 Å². The molecule has 5 heteroatoms. The fraction of sp³-hybridized carbons (Fsp3) is 0.938. The number of likely N-dealkylation sites (N-methyl/N-ethyl adjacent to an activating group) is 1. The molecule has 1 amide bonds. The summed E-state index contributed by atoms with van der Waals surface area (Å²) in [7, 11) is 1.91. The summed E-state index contributed by atoms with van der Waals surface area (Å²) in [5, 5.41) is 0. The Kier molecular flexibility index (Phi) is 5.14. The molecule has 120 valence electrons. The number of carbonyl (C=O) groups is 1. The van der Waals surface area contributed by atoms with Crippen molar-refractivity contribution >= 4 is 5.91 Å². The highest BCUT2D eigenvalue weighted by Crippen LogP contribution is 2.22. The van der Waals surface area contributed by atoms with Crippen molar-refractivity contribution in [2.45, 2.75) is 44.2 Å². The summed E-state index contributed by atoms with van der Waals surface area (Å²) in [6.45, 7) is 7.40. The van der Waals surface area contributed by atoms with Crippen molar-refractivity contribution in [3.8, 4) is 0 Å². The fourth-order valence-electron chi connectivity index (χ4n) is 3.85. The zero-order valence-electron chi connectivity index (χ0n) is 13.3. The van der Waals surface area contributed by atoms with Crippen molar-refractivity contribution in [3.63, 3.8) is 0 Å². The quantitative estimate of drug-likeness (QED) is 0.751. The second kappa shape index (κ2) is 7.07. The molecule has 0 aromatic carbocycles. The monoisotopic (exact) mass is 295 g/mol. The van der Waals surface area contributed by atoms with Gasteiger partial charge in [0.05, 0.1) is 18.8 Å². The van der Waals surface area contributed by atoms with Crippen molar-refractivity contribution in [2.75, 3.05) is 52.9 Å². The average molecular weight is 295 g/mol. The van der Waals surface area contributed by atoms with E-state index >= 15 is 0 Å². The van der Waals surface area contributed by atoms with Crippen molar-refractivity contribution < 1.29 is 9.53 Å². The van der Waals surface area contributed by atoms with Crippen LogP contribution in [0.25, 0.3) is 0 Å². The molecule has 3 fully saturated rings.